The molecule has 5 heteroatoms. The van der Waals surface area contributed by atoms with Gasteiger partial charge in [0.15, 0.2) is 0 Å². The van der Waals surface area contributed by atoms with Crippen molar-refractivity contribution >= 4 is 28.6 Å². The minimum Gasteiger partial charge on any atom is -0.339 e. The van der Waals surface area contributed by atoms with Gasteiger partial charge in [0.1, 0.15) is 11.5 Å². The van der Waals surface area contributed by atoms with Crippen LogP contribution in [-0.4, -0.2) is 14.4 Å². The Bertz CT molecular complexity index is 970. The quantitative estimate of drug-likeness (QED) is 0.588. The molecule has 1 N–H and O–H groups in total. The first-order valence-electron chi connectivity index (χ1n) is 7.42. The lowest BCUT2D eigenvalue weighted by Crippen LogP contribution is -1.99. The van der Waals surface area contributed by atoms with Crippen molar-refractivity contribution in [3.8, 4) is 11.3 Å². The number of fused-ring (bicyclic) bond motifs is 1. The number of imidazole rings is 1. The van der Waals surface area contributed by atoms with E-state index in [1.807, 2.05) is 16.7 Å². The summed E-state index contributed by atoms with van der Waals surface area (Å²) in [7, 11) is 0. The van der Waals surface area contributed by atoms with E-state index in [-0.39, 0.29) is 0 Å². The van der Waals surface area contributed by atoms with Crippen LogP contribution in [0.3, 0.4) is 0 Å². The molecule has 0 unspecified atom stereocenters. The SMILES string of the molecule is Cc1ccc(Nc2c(-c3ccsc3)nc3ncccn23)c(C)c1. The highest BCUT2D eigenvalue weighted by Gasteiger charge is 2.15. The summed E-state index contributed by atoms with van der Waals surface area (Å²) in [6.45, 7) is 4.22. The summed E-state index contributed by atoms with van der Waals surface area (Å²) in [5.74, 6) is 1.64. The molecule has 0 aliphatic rings. The van der Waals surface area contributed by atoms with Crippen LogP contribution in [0, 0.1) is 13.8 Å². The van der Waals surface area contributed by atoms with Crippen LogP contribution in [0.15, 0.2) is 53.5 Å². The Morgan fingerprint density at radius 2 is 2.09 bits per heavy atom. The number of hydrogen-bond donors (Lipinski definition) is 1. The van der Waals surface area contributed by atoms with Crippen LogP contribution >= 0.6 is 11.3 Å². The Kier molecular flexibility index (Phi) is 3.35. The third-order valence-electron chi connectivity index (χ3n) is 3.83. The maximum Gasteiger partial charge on any atom is 0.235 e. The van der Waals surface area contributed by atoms with Crippen LogP contribution in [-0.2, 0) is 0 Å². The minimum absolute atomic E-state index is 0.695. The number of nitrogens with one attached hydrogen (secondary N) is 1. The first kappa shape index (κ1) is 14.0. The Balaban J connectivity index is 1.89. The smallest absolute Gasteiger partial charge is 0.235 e. The van der Waals surface area contributed by atoms with Gasteiger partial charge in [-0.1, -0.05) is 17.7 Å². The fourth-order valence-corrected chi connectivity index (χ4v) is 3.33. The minimum atomic E-state index is 0.695. The summed E-state index contributed by atoms with van der Waals surface area (Å²) < 4.78 is 1.99. The molecule has 0 aliphatic carbocycles. The lowest BCUT2D eigenvalue weighted by molar-refractivity contribution is 1.11. The van der Waals surface area contributed by atoms with E-state index in [9.17, 15) is 0 Å². The number of aryl methyl sites for hydroxylation is 2. The predicted molar refractivity (Wildman–Crippen MR) is 95.5 cm³/mol. The number of hydrogen-bond acceptors (Lipinski definition) is 4. The standard InChI is InChI=1S/C18H16N4S/c1-12-4-5-15(13(2)10-12)20-17-16(14-6-9-23-11-14)21-18-19-7-3-8-22(17)18/h3-11,20H,1-2H3. The van der Waals surface area contributed by atoms with Crippen molar-refractivity contribution in [2.45, 2.75) is 13.8 Å². The average Bonchev–Trinajstić information content (AvgIpc) is 3.18. The molecule has 114 valence electrons. The van der Waals surface area contributed by atoms with Crippen molar-refractivity contribution in [3.63, 3.8) is 0 Å². The van der Waals surface area contributed by atoms with E-state index in [4.69, 9.17) is 4.98 Å². The highest BCUT2D eigenvalue weighted by Crippen LogP contribution is 2.32. The molecule has 4 rings (SSSR count). The highest BCUT2D eigenvalue weighted by atomic mass is 32.1. The summed E-state index contributed by atoms with van der Waals surface area (Å²) in [5, 5.41) is 7.71. The fraction of sp³-hybridized carbons (Fsp3) is 0.111. The second-order valence-corrected chi connectivity index (χ2v) is 6.33. The van der Waals surface area contributed by atoms with Gasteiger partial charge in [-0.25, -0.2) is 9.97 Å². The van der Waals surface area contributed by atoms with Gasteiger partial charge in [-0.15, -0.1) is 0 Å². The van der Waals surface area contributed by atoms with Gasteiger partial charge < -0.3 is 5.32 Å². The molecule has 0 radical (unpaired) electrons. The summed E-state index contributed by atoms with van der Waals surface area (Å²) in [6.07, 6.45) is 3.75. The molecule has 0 spiro atoms. The van der Waals surface area contributed by atoms with Gasteiger partial charge in [-0.2, -0.15) is 11.3 Å². The van der Waals surface area contributed by atoms with E-state index in [2.05, 4.69) is 59.2 Å². The van der Waals surface area contributed by atoms with Gasteiger partial charge in [-0.05, 0) is 43.0 Å². The zero-order chi connectivity index (χ0) is 15.8. The van der Waals surface area contributed by atoms with Crippen LogP contribution in [0.1, 0.15) is 11.1 Å². The number of rotatable bonds is 3. The Labute approximate surface area is 138 Å². The molecule has 23 heavy (non-hydrogen) atoms. The number of nitrogens with zero attached hydrogens (tertiary/aromatic N) is 3. The molecule has 4 aromatic rings. The summed E-state index contributed by atoms with van der Waals surface area (Å²) in [4.78, 5) is 9.06. The maximum absolute atomic E-state index is 4.69. The second-order valence-electron chi connectivity index (χ2n) is 5.55. The Morgan fingerprint density at radius 1 is 1.17 bits per heavy atom. The number of anilines is 2. The molecule has 0 saturated heterocycles. The van der Waals surface area contributed by atoms with Crippen molar-refractivity contribution in [3.05, 3.63) is 64.6 Å². The van der Waals surface area contributed by atoms with E-state index in [1.54, 1.807) is 17.5 Å². The van der Waals surface area contributed by atoms with E-state index in [0.717, 1.165) is 22.8 Å². The van der Waals surface area contributed by atoms with Crippen LogP contribution in [0.5, 0.6) is 0 Å². The van der Waals surface area contributed by atoms with Gasteiger partial charge in [0.05, 0.1) is 0 Å². The first-order valence-corrected chi connectivity index (χ1v) is 8.36. The molecule has 0 atom stereocenters. The molecule has 0 aliphatic heterocycles. The third-order valence-corrected chi connectivity index (χ3v) is 4.52. The lowest BCUT2D eigenvalue weighted by Gasteiger charge is -2.11. The molecular weight excluding hydrogens is 304 g/mol. The molecule has 0 amide bonds. The van der Waals surface area contributed by atoms with E-state index in [0.29, 0.717) is 5.78 Å². The molecule has 3 aromatic heterocycles. The van der Waals surface area contributed by atoms with Crippen molar-refractivity contribution in [2.75, 3.05) is 5.32 Å². The average molecular weight is 320 g/mol. The maximum atomic E-state index is 4.69. The number of thiophene rings is 1. The van der Waals surface area contributed by atoms with E-state index >= 15 is 0 Å². The summed E-state index contributed by atoms with van der Waals surface area (Å²) >= 11 is 1.67. The van der Waals surface area contributed by atoms with Gasteiger partial charge in [0.25, 0.3) is 0 Å². The molecular formula is C18H16N4S. The van der Waals surface area contributed by atoms with Gasteiger partial charge in [0.2, 0.25) is 5.78 Å². The number of aromatic nitrogens is 3. The topological polar surface area (TPSA) is 42.2 Å². The van der Waals surface area contributed by atoms with Crippen LogP contribution in [0.2, 0.25) is 0 Å². The Hall–Kier alpha value is -2.66. The van der Waals surface area contributed by atoms with Crippen LogP contribution < -0.4 is 5.32 Å². The van der Waals surface area contributed by atoms with E-state index in [1.165, 1.54) is 11.1 Å². The normalized spacial score (nSPS) is 11.0. The summed E-state index contributed by atoms with van der Waals surface area (Å²) in [5.41, 5.74) is 5.57. The zero-order valence-electron chi connectivity index (χ0n) is 12.9. The second kappa shape index (κ2) is 5.52. The van der Waals surface area contributed by atoms with E-state index < -0.39 is 0 Å². The Morgan fingerprint density at radius 3 is 2.87 bits per heavy atom. The first-order chi connectivity index (χ1) is 11.2. The molecule has 0 bridgehead atoms. The summed E-state index contributed by atoms with van der Waals surface area (Å²) in [6, 6.07) is 10.4. The zero-order valence-corrected chi connectivity index (χ0v) is 13.8. The predicted octanol–water partition coefficient (Wildman–Crippen LogP) is 4.82. The molecule has 0 fully saturated rings. The van der Waals surface area contributed by atoms with Crippen LogP contribution in [0.25, 0.3) is 17.0 Å². The third kappa shape index (κ3) is 2.49. The van der Waals surface area contributed by atoms with Gasteiger partial charge in [-0.3, -0.25) is 4.40 Å². The van der Waals surface area contributed by atoms with Crippen molar-refractivity contribution < 1.29 is 0 Å². The van der Waals surface area contributed by atoms with Gasteiger partial charge >= 0.3 is 0 Å². The lowest BCUT2D eigenvalue weighted by atomic mass is 10.1. The molecule has 1 aromatic carbocycles. The number of benzene rings is 1. The molecule has 0 saturated carbocycles. The van der Waals surface area contributed by atoms with Crippen molar-refractivity contribution in [2.24, 2.45) is 0 Å². The molecule has 4 nitrogen and oxygen atoms in total. The van der Waals surface area contributed by atoms with Crippen molar-refractivity contribution in [1.82, 2.24) is 14.4 Å². The fourth-order valence-electron chi connectivity index (χ4n) is 2.69. The highest BCUT2D eigenvalue weighted by molar-refractivity contribution is 7.08. The molecule has 3 heterocycles. The van der Waals surface area contributed by atoms with Crippen molar-refractivity contribution in [1.29, 1.82) is 0 Å². The largest absolute Gasteiger partial charge is 0.339 e. The monoisotopic (exact) mass is 320 g/mol. The van der Waals surface area contributed by atoms with Crippen LogP contribution in [0.4, 0.5) is 11.5 Å². The van der Waals surface area contributed by atoms with Gasteiger partial charge in [0, 0.05) is 29.0 Å².